The fourth-order valence-corrected chi connectivity index (χ4v) is 15.1. The molecule has 6 aromatic rings. The molecule has 0 aromatic heterocycles. The van der Waals surface area contributed by atoms with Gasteiger partial charge in [-0.1, -0.05) is 132 Å². The predicted octanol–water partition coefficient (Wildman–Crippen LogP) is 15.7. The summed E-state index contributed by atoms with van der Waals surface area (Å²) in [7, 11) is 0. The summed E-state index contributed by atoms with van der Waals surface area (Å²) >= 11 is 2.01. The minimum absolute atomic E-state index is 0.0827. The number of anilines is 3. The predicted molar refractivity (Wildman–Crippen MR) is 248 cm³/mol. The van der Waals surface area contributed by atoms with Crippen molar-refractivity contribution in [3.63, 3.8) is 0 Å². The molecular weight excluding hydrogens is 731 g/mol. The van der Waals surface area contributed by atoms with Gasteiger partial charge >= 0.3 is 0 Å². The van der Waals surface area contributed by atoms with E-state index in [1.165, 1.54) is 116 Å². The van der Waals surface area contributed by atoms with Crippen LogP contribution in [0.5, 0.6) is 0 Å². The number of fused-ring (bicyclic) bond motifs is 6. The van der Waals surface area contributed by atoms with E-state index in [2.05, 4.69) is 174 Å². The zero-order valence-electron chi connectivity index (χ0n) is 35.7. The zero-order valence-corrected chi connectivity index (χ0v) is 36.6. The molecule has 7 aliphatic rings. The molecule has 2 heteroatoms. The molecule has 4 bridgehead atoms. The summed E-state index contributed by atoms with van der Waals surface area (Å²) in [6.45, 7) is 14.6. The number of rotatable bonds is 4. The van der Waals surface area contributed by atoms with Crippen LogP contribution in [0.25, 0.3) is 22.3 Å². The smallest absolute Gasteiger partial charge is 0.0467 e. The largest absolute Gasteiger partial charge is 0.310 e. The maximum absolute atomic E-state index is 2.67. The molecule has 13 rings (SSSR count). The van der Waals surface area contributed by atoms with Crippen molar-refractivity contribution in [3.8, 4) is 22.3 Å². The SMILES string of the molecule is CC1(C)CCC(C)(C)c2cc(-c3cccc(N(c4ccc5c(c4)C(C)(C)c4ccccc4-5)c4ccc5c(c4)C4(c6ccccc6S5)C5CC6CC(C5)CC4C6)c3)ccc21. The third-order valence-electron chi connectivity index (χ3n) is 16.8. The molecule has 4 saturated carbocycles. The van der Waals surface area contributed by atoms with Gasteiger partial charge in [-0.3, -0.25) is 0 Å². The van der Waals surface area contributed by atoms with Gasteiger partial charge in [-0.25, -0.2) is 0 Å². The van der Waals surface area contributed by atoms with E-state index in [9.17, 15) is 0 Å². The van der Waals surface area contributed by atoms with Gasteiger partial charge < -0.3 is 4.90 Å². The quantitative estimate of drug-likeness (QED) is 0.175. The Labute approximate surface area is 356 Å². The van der Waals surface area contributed by atoms with Gasteiger partial charge in [0.25, 0.3) is 0 Å². The highest BCUT2D eigenvalue weighted by Gasteiger charge is 2.60. The van der Waals surface area contributed by atoms with Gasteiger partial charge in [0.15, 0.2) is 0 Å². The van der Waals surface area contributed by atoms with Gasteiger partial charge in [0.1, 0.15) is 0 Å². The molecule has 1 nitrogen and oxygen atoms in total. The van der Waals surface area contributed by atoms with Crippen LogP contribution >= 0.6 is 11.8 Å². The van der Waals surface area contributed by atoms with Crippen molar-refractivity contribution < 1.29 is 0 Å². The molecule has 0 saturated heterocycles. The molecule has 1 spiro atoms. The lowest BCUT2D eigenvalue weighted by atomic mass is 9.42. The molecule has 1 aliphatic heterocycles. The number of nitrogens with zero attached hydrogens (tertiary/aromatic N) is 1. The molecule has 6 aliphatic carbocycles. The van der Waals surface area contributed by atoms with Crippen LogP contribution in [-0.4, -0.2) is 0 Å². The number of benzene rings is 6. The van der Waals surface area contributed by atoms with Gasteiger partial charge in [-0.05, 0) is 184 Å². The lowest BCUT2D eigenvalue weighted by Gasteiger charge is -2.63. The lowest BCUT2D eigenvalue weighted by Crippen LogP contribution is -2.57. The van der Waals surface area contributed by atoms with Crippen molar-refractivity contribution in [2.45, 2.75) is 118 Å². The molecule has 0 unspecified atom stereocenters. The standard InChI is InChI=1S/C57H57NS/c1-54(2)24-25-55(3,4)50-32-38(18-22-47(50)54)37-12-11-13-41(31-37)58(42-19-21-45-44-14-7-8-15-46(44)56(5,6)49(45)33-42)43-20-23-53-51(34-43)57(48-16-9-10-17-52(48)59-53)39-27-35-26-36(29-39)30-40(57)28-35/h7-23,31-36,39-40H,24-30H2,1-6H3. The second kappa shape index (κ2) is 12.5. The van der Waals surface area contributed by atoms with Gasteiger partial charge in [0.05, 0.1) is 0 Å². The zero-order chi connectivity index (χ0) is 40.1. The highest BCUT2D eigenvalue weighted by molar-refractivity contribution is 7.99. The minimum atomic E-state index is -0.0835. The van der Waals surface area contributed by atoms with Crippen LogP contribution < -0.4 is 4.90 Å². The monoisotopic (exact) mass is 787 g/mol. The summed E-state index contributed by atoms with van der Waals surface area (Å²) in [6.07, 6.45) is 9.46. The van der Waals surface area contributed by atoms with Crippen molar-refractivity contribution in [2.75, 3.05) is 4.90 Å². The van der Waals surface area contributed by atoms with E-state index in [0.29, 0.717) is 11.8 Å². The first-order chi connectivity index (χ1) is 28.4. The fraction of sp³-hybridized carbons (Fsp3) is 0.368. The molecule has 1 heterocycles. The maximum Gasteiger partial charge on any atom is 0.0467 e. The third kappa shape index (κ3) is 5.17. The highest BCUT2D eigenvalue weighted by atomic mass is 32.2. The average molecular weight is 788 g/mol. The summed E-state index contributed by atoms with van der Waals surface area (Å²) in [5.41, 5.74) is 18.5. The summed E-state index contributed by atoms with van der Waals surface area (Å²) < 4.78 is 0. The van der Waals surface area contributed by atoms with Gasteiger partial charge in [0, 0.05) is 37.7 Å². The van der Waals surface area contributed by atoms with Crippen molar-refractivity contribution in [3.05, 3.63) is 161 Å². The lowest BCUT2D eigenvalue weighted by molar-refractivity contribution is -0.0443. The second-order valence-electron chi connectivity index (χ2n) is 21.3. The molecule has 6 aromatic carbocycles. The van der Waals surface area contributed by atoms with E-state index in [0.717, 1.165) is 11.8 Å². The molecule has 59 heavy (non-hydrogen) atoms. The molecule has 0 amide bonds. The number of hydrogen-bond donors (Lipinski definition) is 0. The van der Waals surface area contributed by atoms with Crippen LogP contribution in [0.2, 0.25) is 0 Å². The summed E-state index contributed by atoms with van der Waals surface area (Å²) in [5, 5.41) is 0. The molecular formula is C57H57NS. The van der Waals surface area contributed by atoms with E-state index in [4.69, 9.17) is 0 Å². The van der Waals surface area contributed by atoms with E-state index >= 15 is 0 Å². The van der Waals surface area contributed by atoms with E-state index in [-0.39, 0.29) is 21.7 Å². The topological polar surface area (TPSA) is 3.24 Å². The Morgan fingerprint density at radius 1 is 0.441 bits per heavy atom. The Balaban J connectivity index is 1.05. The van der Waals surface area contributed by atoms with E-state index in [1.807, 2.05) is 11.8 Å². The second-order valence-corrected chi connectivity index (χ2v) is 22.4. The Bertz CT molecular complexity index is 2680. The van der Waals surface area contributed by atoms with Crippen molar-refractivity contribution in [1.82, 2.24) is 0 Å². The van der Waals surface area contributed by atoms with Crippen LogP contribution in [0.15, 0.2) is 137 Å². The Morgan fingerprint density at radius 2 is 1.03 bits per heavy atom. The van der Waals surface area contributed by atoms with Crippen LogP contribution in [0.4, 0.5) is 17.1 Å². The molecule has 0 atom stereocenters. The van der Waals surface area contributed by atoms with Crippen LogP contribution in [0.3, 0.4) is 0 Å². The van der Waals surface area contributed by atoms with Gasteiger partial charge in [-0.2, -0.15) is 0 Å². The average Bonchev–Trinajstić information content (AvgIpc) is 3.46. The van der Waals surface area contributed by atoms with Crippen LogP contribution in [0.1, 0.15) is 120 Å². The summed E-state index contributed by atoms with van der Waals surface area (Å²) in [5.74, 6) is 3.25. The Kier molecular flexibility index (Phi) is 7.70. The minimum Gasteiger partial charge on any atom is -0.310 e. The fourth-order valence-electron chi connectivity index (χ4n) is 13.9. The molecule has 0 radical (unpaired) electrons. The first-order valence-electron chi connectivity index (χ1n) is 22.6. The van der Waals surface area contributed by atoms with Gasteiger partial charge in [0.2, 0.25) is 0 Å². The summed E-state index contributed by atoms with van der Waals surface area (Å²) in [6, 6.07) is 50.3. The molecule has 4 fully saturated rings. The van der Waals surface area contributed by atoms with E-state index in [1.54, 1.807) is 11.1 Å². The first-order valence-corrected chi connectivity index (χ1v) is 23.5. The van der Waals surface area contributed by atoms with Crippen molar-refractivity contribution >= 4 is 28.8 Å². The van der Waals surface area contributed by atoms with Gasteiger partial charge in [-0.15, -0.1) is 0 Å². The van der Waals surface area contributed by atoms with Crippen LogP contribution in [0, 0.1) is 23.7 Å². The van der Waals surface area contributed by atoms with Crippen LogP contribution in [-0.2, 0) is 21.7 Å². The highest BCUT2D eigenvalue weighted by Crippen LogP contribution is 2.69. The number of hydrogen-bond acceptors (Lipinski definition) is 2. The van der Waals surface area contributed by atoms with E-state index < -0.39 is 0 Å². The summed E-state index contributed by atoms with van der Waals surface area (Å²) in [4.78, 5) is 5.56. The maximum atomic E-state index is 2.67. The third-order valence-corrected chi connectivity index (χ3v) is 17.9. The molecule has 296 valence electrons. The Hall–Kier alpha value is -4.53. The first kappa shape index (κ1) is 36.3. The molecule has 0 N–H and O–H groups in total. The van der Waals surface area contributed by atoms with Crippen molar-refractivity contribution in [2.24, 2.45) is 23.7 Å². The normalized spacial score (nSPS) is 26.7. The van der Waals surface area contributed by atoms with Crippen molar-refractivity contribution in [1.29, 1.82) is 0 Å². The Morgan fingerprint density at radius 3 is 1.80 bits per heavy atom.